The summed E-state index contributed by atoms with van der Waals surface area (Å²) in [5, 5.41) is 15.1. The quantitative estimate of drug-likeness (QED) is 0.569. The highest BCUT2D eigenvalue weighted by atomic mass is 35.5. The lowest BCUT2D eigenvalue weighted by atomic mass is 10.1. The predicted molar refractivity (Wildman–Crippen MR) is 118 cm³/mol. The van der Waals surface area contributed by atoms with Gasteiger partial charge in [-0.3, -0.25) is 9.69 Å². The number of aryl methyl sites for hydroxylation is 1. The van der Waals surface area contributed by atoms with Crippen molar-refractivity contribution in [1.29, 1.82) is 0 Å². The fraction of sp³-hybridized carbons (Fsp3) is 0.381. The molecule has 0 aliphatic carbocycles. The molecule has 0 aliphatic rings. The van der Waals surface area contributed by atoms with Gasteiger partial charge in [0, 0.05) is 45.1 Å². The Morgan fingerprint density at radius 1 is 1.30 bits per heavy atom. The molecule has 0 fully saturated rings. The van der Waals surface area contributed by atoms with Gasteiger partial charge in [0.1, 0.15) is 0 Å². The van der Waals surface area contributed by atoms with Gasteiger partial charge in [0.25, 0.3) is 0 Å². The minimum absolute atomic E-state index is 0.0398. The zero-order valence-electron chi connectivity index (χ0n) is 15.9. The van der Waals surface area contributed by atoms with Crippen molar-refractivity contribution < 1.29 is 5.11 Å². The van der Waals surface area contributed by atoms with Crippen LogP contribution < -0.4 is 10.7 Å². The molecule has 2 aromatic carbocycles. The number of aliphatic hydroxyl groups is 1. The molecule has 0 amide bonds. The first-order valence-corrected chi connectivity index (χ1v) is 10.4. The summed E-state index contributed by atoms with van der Waals surface area (Å²) in [6.45, 7) is 8.94. The van der Waals surface area contributed by atoms with Gasteiger partial charge in [0.2, 0.25) is 0 Å². The molecule has 144 valence electrons. The molecule has 0 saturated heterocycles. The van der Waals surface area contributed by atoms with E-state index in [0.29, 0.717) is 23.5 Å². The van der Waals surface area contributed by atoms with E-state index in [1.54, 1.807) is 24.3 Å². The standard InChI is InChI=1S/C21H25ClN2O2S/c1-4-24(12-14(3)25)10-9-23-17-8-5-13(2)21-19(17)20(26)16-7-6-15(22)11-18(16)27-21/h5-8,11,14,23,25H,4,9-10,12H2,1-3H3. The fourth-order valence-corrected chi connectivity index (χ4v) is 4.75. The lowest BCUT2D eigenvalue weighted by Crippen LogP contribution is -2.34. The maximum absolute atomic E-state index is 13.2. The van der Waals surface area contributed by atoms with E-state index in [0.717, 1.165) is 39.1 Å². The second kappa shape index (κ2) is 8.57. The van der Waals surface area contributed by atoms with Gasteiger partial charge in [-0.05, 0) is 50.2 Å². The Labute approximate surface area is 168 Å². The van der Waals surface area contributed by atoms with Crippen molar-refractivity contribution in [2.24, 2.45) is 0 Å². The third kappa shape index (κ3) is 4.43. The molecule has 3 aromatic rings. The van der Waals surface area contributed by atoms with Gasteiger partial charge in [0.05, 0.1) is 11.5 Å². The molecule has 0 bridgehead atoms. The molecule has 0 aliphatic heterocycles. The first-order valence-electron chi connectivity index (χ1n) is 9.20. The Hall–Kier alpha value is -1.66. The molecular formula is C21H25ClN2O2S. The van der Waals surface area contributed by atoms with Crippen molar-refractivity contribution in [3.8, 4) is 0 Å². The zero-order valence-corrected chi connectivity index (χ0v) is 17.5. The van der Waals surface area contributed by atoms with Crippen LogP contribution in [0.15, 0.2) is 35.1 Å². The molecule has 3 rings (SSSR count). The monoisotopic (exact) mass is 404 g/mol. The van der Waals surface area contributed by atoms with Crippen molar-refractivity contribution in [2.75, 3.05) is 31.5 Å². The van der Waals surface area contributed by atoms with Crippen LogP contribution in [0.3, 0.4) is 0 Å². The van der Waals surface area contributed by atoms with Crippen LogP contribution in [0.2, 0.25) is 5.02 Å². The Morgan fingerprint density at radius 3 is 2.78 bits per heavy atom. The van der Waals surface area contributed by atoms with Gasteiger partial charge in [-0.2, -0.15) is 0 Å². The smallest absolute Gasteiger partial charge is 0.197 e. The molecule has 1 heterocycles. The minimum atomic E-state index is -0.349. The number of benzene rings is 2. The van der Waals surface area contributed by atoms with Crippen LogP contribution in [-0.2, 0) is 0 Å². The molecular weight excluding hydrogens is 380 g/mol. The number of anilines is 1. The number of nitrogens with one attached hydrogen (secondary N) is 1. The SMILES string of the molecule is CCN(CCNc1ccc(C)c2sc3cc(Cl)ccc3c(=O)c12)CC(C)O. The molecule has 0 spiro atoms. The molecule has 1 atom stereocenters. The number of rotatable bonds is 7. The lowest BCUT2D eigenvalue weighted by molar-refractivity contribution is 0.132. The molecule has 6 heteroatoms. The van der Waals surface area contributed by atoms with Crippen molar-refractivity contribution in [2.45, 2.75) is 26.9 Å². The summed E-state index contributed by atoms with van der Waals surface area (Å²) in [5.41, 5.74) is 1.99. The van der Waals surface area contributed by atoms with Gasteiger partial charge in [-0.1, -0.05) is 24.6 Å². The van der Waals surface area contributed by atoms with Crippen LogP contribution in [0.5, 0.6) is 0 Å². The maximum Gasteiger partial charge on any atom is 0.197 e. The van der Waals surface area contributed by atoms with E-state index in [2.05, 4.69) is 17.1 Å². The van der Waals surface area contributed by atoms with Crippen LogP contribution in [0.1, 0.15) is 19.4 Å². The summed E-state index contributed by atoms with van der Waals surface area (Å²) in [6, 6.07) is 9.46. The van der Waals surface area contributed by atoms with Gasteiger partial charge >= 0.3 is 0 Å². The van der Waals surface area contributed by atoms with Gasteiger partial charge in [0.15, 0.2) is 5.43 Å². The number of aliphatic hydroxyl groups excluding tert-OH is 1. The van der Waals surface area contributed by atoms with E-state index in [1.165, 1.54) is 0 Å². The molecule has 1 unspecified atom stereocenters. The zero-order chi connectivity index (χ0) is 19.6. The molecule has 0 radical (unpaired) electrons. The summed E-state index contributed by atoms with van der Waals surface area (Å²) in [4.78, 5) is 15.3. The highest BCUT2D eigenvalue weighted by molar-refractivity contribution is 7.24. The van der Waals surface area contributed by atoms with Crippen molar-refractivity contribution in [1.82, 2.24) is 4.90 Å². The van der Waals surface area contributed by atoms with Crippen LogP contribution in [0, 0.1) is 6.92 Å². The van der Waals surface area contributed by atoms with Crippen LogP contribution in [0.25, 0.3) is 20.2 Å². The third-order valence-electron chi connectivity index (χ3n) is 4.70. The van der Waals surface area contributed by atoms with E-state index < -0.39 is 0 Å². The summed E-state index contributed by atoms with van der Waals surface area (Å²) < 4.78 is 1.91. The average Bonchev–Trinajstić information content (AvgIpc) is 2.62. The molecule has 0 saturated carbocycles. The number of likely N-dealkylation sites (N-methyl/N-ethyl adjacent to an activating group) is 1. The van der Waals surface area contributed by atoms with Crippen molar-refractivity contribution in [3.63, 3.8) is 0 Å². The first-order chi connectivity index (χ1) is 12.9. The maximum atomic E-state index is 13.2. The topological polar surface area (TPSA) is 52.6 Å². The largest absolute Gasteiger partial charge is 0.392 e. The van der Waals surface area contributed by atoms with E-state index in [9.17, 15) is 9.90 Å². The third-order valence-corrected chi connectivity index (χ3v) is 6.22. The molecule has 27 heavy (non-hydrogen) atoms. The minimum Gasteiger partial charge on any atom is -0.392 e. The predicted octanol–water partition coefficient (Wildman–Crippen LogP) is 4.49. The van der Waals surface area contributed by atoms with Gasteiger partial charge < -0.3 is 10.4 Å². The fourth-order valence-electron chi connectivity index (χ4n) is 3.30. The normalized spacial score (nSPS) is 12.8. The van der Waals surface area contributed by atoms with Gasteiger partial charge in [-0.25, -0.2) is 0 Å². The summed E-state index contributed by atoms with van der Waals surface area (Å²) in [6.07, 6.45) is -0.349. The van der Waals surface area contributed by atoms with E-state index in [-0.39, 0.29) is 11.5 Å². The second-order valence-electron chi connectivity index (χ2n) is 6.87. The number of hydrogen-bond donors (Lipinski definition) is 2. The van der Waals surface area contributed by atoms with E-state index in [1.807, 2.05) is 31.2 Å². The van der Waals surface area contributed by atoms with E-state index >= 15 is 0 Å². The van der Waals surface area contributed by atoms with Crippen molar-refractivity contribution in [3.05, 3.63) is 51.1 Å². The summed E-state index contributed by atoms with van der Waals surface area (Å²) >= 11 is 7.72. The summed E-state index contributed by atoms with van der Waals surface area (Å²) in [7, 11) is 0. The Bertz CT molecular complexity index is 1020. The van der Waals surface area contributed by atoms with Crippen LogP contribution in [0.4, 0.5) is 5.69 Å². The average molecular weight is 405 g/mol. The summed E-state index contributed by atoms with van der Waals surface area (Å²) in [5.74, 6) is 0. The Balaban J connectivity index is 1.95. The van der Waals surface area contributed by atoms with E-state index in [4.69, 9.17) is 11.6 Å². The van der Waals surface area contributed by atoms with Gasteiger partial charge in [-0.15, -0.1) is 11.3 Å². The first kappa shape index (κ1) is 20.1. The number of nitrogens with zero attached hydrogens (tertiary/aromatic N) is 1. The molecule has 2 N–H and O–H groups in total. The highest BCUT2D eigenvalue weighted by Gasteiger charge is 2.13. The number of fused-ring (bicyclic) bond motifs is 2. The highest BCUT2D eigenvalue weighted by Crippen LogP contribution is 2.32. The van der Waals surface area contributed by atoms with Crippen LogP contribution in [-0.4, -0.2) is 42.3 Å². The number of hydrogen-bond acceptors (Lipinski definition) is 5. The lowest BCUT2D eigenvalue weighted by Gasteiger charge is -2.22. The second-order valence-corrected chi connectivity index (χ2v) is 8.36. The molecule has 4 nitrogen and oxygen atoms in total. The Morgan fingerprint density at radius 2 is 2.07 bits per heavy atom. The Kier molecular flexibility index (Phi) is 6.37. The van der Waals surface area contributed by atoms with Crippen LogP contribution >= 0.6 is 22.9 Å². The molecule has 1 aromatic heterocycles. The number of halogens is 1. The van der Waals surface area contributed by atoms with Crippen molar-refractivity contribution >= 4 is 48.8 Å².